The molecule has 106 valence electrons. The molecule has 1 aliphatic rings. The third-order valence-electron chi connectivity index (χ3n) is 3.15. The molecule has 0 saturated carbocycles. The second-order valence-corrected chi connectivity index (χ2v) is 4.90. The molecule has 2 aromatic heterocycles. The van der Waals surface area contributed by atoms with E-state index >= 15 is 0 Å². The highest BCUT2D eigenvalue weighted by Gasteiger charge is 2.29. The van der Waals surface area contributed by atoms with Crippen molar-refractivity contribution < 1.29 is 4.79 Å². The molecule has 1 fully saturated rings. The third kappa shape index (κ3) is 2.95. The Labute approximate surface area is 126 Å². The van der Waals surface area contributed by atoms with Crippen molar-refractivity contribution in [2.24, 2.45) is 0 Å². The fourth-order valence-corrected chi connectivity index (χ4v) is 2.65. The molecule has 1 N–H and O–H groups in total. The van der Waals surface area contributed by atoms with Gasteiger partial charge in [-0.05, 0) is 23.2 Å². The number of carbonyl (C=O) groups excluding carboxylic acids is 1. The molecule has 0 spiro atoms. The average molecular weight is 312 g/mol. The Balaban J connectivity index is 0.00000147. The Morgan fingerprint density at radius 1 is 1.50 bits per heavy atom. The first-order valence-corrected chi connectivity index (χ1v) is 6.88. The summed E-state index contributed by atoms with van der Waals surface area (Å²) in [4.78, 5) is 18.4. The topological polar surface area (TPSA) is 71.0 Å². The number of piperazine rings is 1. The molecule has 6 nitrogen and oxygen atoms in total. The molecule has 1 saturated heterocycles. The average Bonchev–Trinajstić information content (AvgIpc) is 3.02. The lowest BCUT2D eigenvalue weighted by Crippen LogP contribution is -2.48. The fraction of sp³-hybridized carbons (Fsp3) is 0.333. The summed E-state index contributed by atoms with van der Waals surface area (Å²) in [7, 11) is 0. The minimum absolute atomic E-state index is 0. The highest BCUT2D eigenvalue weighted by atomic mass is 35.5. The minimum Gasteiger partial charge on any atom is -0.328 e. The number of nitrogens with zero attached hydrogens (tertiary/aromatic N) is 4. The third-order valence-corrected chi connectivity index (χ3v) is 3.66. The number of hydrogen-bond acceptors (Lipinski definition) is 6. The van der Waals surface area contributed by atoms with E-state index in [0.29, 0.717) is 12.2 Å². The zero-order valence-electron chi connectivity index (χ0n) is 10.6. The predicted molar refractivity (Wildman–Crippen MR) is 78.0 cm³/mol. The van der Waals surface area contributed by atoms with Gasteiger partial charge in [-0.15, -0.1) is 17.5 Å². The van der Waals surface area contributed by atoms with Crippen molar-refractivity contribution >= 4 is 29.8 Å². The van der Waals surface area contributed by atoms with Crippen LogP contribution in [-0.4, -0.2) is 45.0 Å². The van der Waals surface area contributed by atoms with Crippen molar-refractivity contribution in [3.05, 3.63) is 41.2 Å². The van der Waals surface area contributed by atoms with Crippen LogP contribution < -0.4 is 5.32 Å². The molecule has 1 amide bonds. The van der Waals surface area contributed by atoms with Crippen LogP contribution in [0.2, 0.25) is 0 Å². The van der Waals surface area contributed by atoms with E-state index in [9.17, 15) is 4.79 Å². The van der Waals surface area contributed by atoms with Crippen LogP contribution in [0.25, 0.3) is 0 Å². The molecule has 3 rings (SSSR count). The van der Waals surface area contributed by atoms with Crippen LogP contribution in [0.5, 0.6) is 0 Å². The standard InChI is InChI=1S/C12H13N5OS.ClH/c18-12(10-8-19-16-15-10)17-5-4-14-7-11(17)9-2-1-3-13-6-9;/h1-3,6,8,11,14H,4-5,7H2;1H. The van der Waals surface area contributed by atoms with E-state index < -0.39 is 0 Å². The lowest BCUT2D eigenvalue weighted by molar-refractivity contribution is 0.0628. The zero-order valence-corrected chi connectivity index (χ0v) is 12.2. The summed E-state index contributed by atoms with van der Waals surface area (Å²) >= 11 is 1.19. The van der Waals surface area contributed by atoms with Crippen LogP contribution in [0.3, 0.4) is 0 Å². The van der Waals surface area contributed by atoms with Crippen molar-refractivity contribution in [1.29, 1.82) is 0 Å². The number of aromatic nitrogens is 3. The SMILES string of the molecule is Cl.O=C(c1csnn1)N1CCNCC1c1cccnc1. The van der Waals surface area contributed by atoms with Gasteiger partial charge in [0.1, 0.15) is 0 Å². The maximum atomic E-state index is 12.4. The van der Waals surface area contributed by atoms with E-state index in [1.54, 1.807) is 17.8 Å². The largest absolute Gasteiger partial charge is 0.328 e. The van der Waals surface area contributed by atoms with Gasteiger partial charge in [-0.25, -0.2) is 0 Å². The van der Waals surface area contributed by atoms with Crippen molar-refractivity contribution in [2.45, 2.75) is 6.04 Å². The van der Waals surface area contributed by atoms with Gasteiger partial charge < -0.3 is 10.2 Å². The number of rotatable bonds is 2. The van der Waals surface area contributed by atoms with Gasteiger partial charge in [0.05, 0.1) is 6.04 Å². The molecule has 0 bridgehead atoms. The van der Waals surface area contributed by atoms with Gasteiger partial charge in [0.15, 0.2) is 5.69 Å². The smallest absolute Gasteiger partial charge is 0.275 e. The molecule has 2 aromatic rings. The summed E-state index contributed by atoms with van der Waals surface area (Å²) in [5.41, 5.74) is 1.45. The Morgan fingerprint density at radius 2 is 2.40 bits per heavy atom. The summed E-state index contributed by atoms with van der Waals surface area (Å²) in [6, 6.07) is 3.87. The van der Waals surface area contributed by atoms with E-state index in [1.807, 2.05) is 17.0 Å². The summed E-state index contributed by atoms with van der Waals surface area (Å²) < 4.78 is 3.75. The van der Waals surface area contributed by atoms with Gasteiger partial charge in [-0.3, -0.25) is 9.78 Å². The Hall–Kier alpha value is -1.57. The maximum Gasteiger partial charge on any atom is 0.275 e. The molecule has 8 heteroatoms. The number of halogens is 1. The molecule has 0 aromatic carbocycles. The Kier molecular flexibility index (Phi) is 4.99. The Morgan fingerprint density at radius 3 is 3.10 bits per heavy atom. The number of pyridine rings is 1. The summed E-state index contributed by atoms with van der Waals surface area (Å²) in [5.74, 6) is -0.0656. The van der Waals surface area contributed by atoms with Gasteiger partial charge in [0.25, 0.3) is 5.91 Å². The van der Waals surface area contributed by atoms with Crippen LogP contribution >= 0.6 is 23.9 Å². The maximum absolute atomic E-state index is 12.4. The number of hydrogen-bond donors (Lipinski definition) is 1. The molecule has 1 unspecified atom stereocenters. The number of amides is 1. The van der Waals surface area contributed by atoms with Crippen LogP contribution in [0.1, 0.15) is 22.1 Å². The predicted octanol–water partition coefficient (Wildman–Crippen LogP) is 1.14. The van der Waals surface area contributed by atoms with Crippen molar-refractivity contribution in [3.63, 3.8) is 0 Å². The molecule has 3 heterocycles. The minimum atomic E-state index is -0.0656. The zero-order chi connectivity index (χ0) is 13.1. The summed E-state index contributed by atoms with van der Waals surface area (Å²) in [6.45, 7) is 2.19. The highest BCUT2D eigenvalue weighted by Crippen LogP contribution is 2.23. The van der Waals surface area contributed by atoms with E-state index in [2.05, 4.69) is 19.9 Å². The van der Waals surface area contributed by atoms with E-state index in [1.165, 1.54) is 11.5 Å². The lowest BCUT2D eigenvalue weighted by Gasteiger charge is -2.35. The first-order chi connectivity index (χ1) is 9.36. The van der Waals surface area contributed by atoms with Crippen LogP contribution in [0.15, 0.2) is 29.9 Å². The number of carbonyl (C=O) groups is 1. The molecule has 1 aliphatic heterocycles. The molecule has 1 atom stereocenters. The quantitative estimate of drug-likeness (QED) is 0.900. The van der Waals surface area contributed by atoms with Crippen molar-refractivity contribution in [1.82, 2.24) is 24.8 Å². The van der Waals surface area contributed by atoms with E-state index in [0.717, 1.165) is 18.7 Å². The first-order valence-electron chi connectivity index (χ1n) is 6.05. The van der Waals surface area contributed by atoms with E-state index in [-0.39, 0.29) is 24.4 Å². The number of nitrogens with one attached hydrogen (secondary N) is 1. The summed E-state index contributed by atoms with van der Waals surface area (Å²) in [6.07, 6.45) is 3.54. The molecule has 0 aliphatic carbocycles. The summed E-state index contributed by atoms with van der Waals surface area (Å²) in [5, 5.41) is 8.85. The molecular weight excluding hydrogens is 298 g/mol. The highest BCUT2D eigenvalue weighted by molar-refractivity contribution is 7.03. The Bertz CT molecular complexity index is 550. The monoisotopic (exact) mass is 311 g/mol. The molecule has 0 radical (unpaired) electrons. The van der Waals surface area contributed by atoms with Gasteiger partial charge in [0, 0.05) is 37.4 Å². The van der Waals surface area contributed by atoms with Gasteiger partial charge in [-0.2, -0.15) is 0 Å². The second kappa shape index (κ2) is 6.74. The second-order valence-electron chi connectivity index (χ2n) is 4.29. The van der Waals surface area contributed by atoms with Crippen LogP contribution in [-0.2, 0) is 0 Å². The van der Waals surface area contributed by atoms with Crippen LogP contribution in [0, 0.1) is 0 Å². The van der Waals surface area contributed by atoms with Crippen LogP contribution in [0.4, 0.5) is 0 Å². The van der Waals surface area contributed by atoms with Gasteiger partial charge >= 0.3 is 0 Å². The van der Waals surface area contributed by atoms with Crippen molar-refractivity contribution in [3.8, 4) is 0 Å². The van der Waals surface area contributed by atoms with Crippen molar-refractivity contribution in [2.75, 3.05) is 19.6 Å². The van der Waals surface area contributed by atoms with Gasteiger partial charge in [-0.1, -0.05) is 10.6 Å². The fourth-order valence-electron chi connectivity index (χ4n) is 2.22. The normalized spacial score (nSPS) is 18.4. The van der Waals surface area contributed by atoms with E-state index in [4.69, 9.17) is 0 Å². The first kappa shape index (κ1) is 14.8. The molecule has 20 heavy (non-hydrogen) atoms. The van der Waals surface area contributed by atoms with Gasteiger partial charge in [0.2, 0.25) is 0 Å². The lowest BCUT2D eigenvalue weighted by atomic mass is 10.1. The molecular formula is C12H14ClN5OS.